The van der Waals surface area contributed by atoms with E-state index in [0.717, 1.165) is 30.2 Å². The third kappa shape index (κ3) is 4.98. The zero-order valence-corrected chi connectivity index (χ0v) is 20.0. The SMILES string of the molecule is Cc1cc(C(NC(=O)c2cc(Cn3ccoc3=N)cc(-c3ncc(F)cc3C)c2)C2CC2)ccc1F. The van der Waals surface area contributed by atoms with Crippen molar-refractivity contribution in [3.05, 3.63) is 106 Å². The van der Waals surface area contributed by atoms with E-state index in [1.165, 1.54) is 18.4 Å². The molecule has 1 fully saturated rings. The van der Waals surface area contributed by atoms with Crippen LogP contribution < -0.4 is 11.0 Å². The first-order valence-electron chi connectivity index (χ1n) is 11.8. The number of hydrogen-bond acceptors (Lipinski definition) is 4. The Kier molecular flexibility index (Phi) is 6.26. The first-order chi connectivity index (χ1) is 17.3. The van der Waals surface area contributed by atoms with E-state index in [2.05, 4.69) is 10.3 Å². The fourth-order valence-electron chi connectivity index (χ4n) is 4.51. The number of oxazole rings is 1. The van der Waals surface area contributed by atoms with Crippen LogP contribution in [0.4, 0.5) is 8.78 Å². The maximum absolute atomic E-state index is 13.9. The van der Waals surface area contributed by atoms with Crippen LogP contribution in [0.2, 0.25) is 0 Å². The molecule has 0 spiro atoms. The number of hydrogen-bond donors (Lipinski definition) is 2. The van der Waals surface area contributed by atoms with Gasteiger partial charge in [0.1, 0.15) is 17.9 Å². The van der Waals surface area contributed by atoms with Gasteiger partial charge in [0, 0.05) is 17.3 Å². The Labute approximate surface area is 207 Å². The molecule has 1 atom stereocenters. The van der Waals surface area contributed by atoms with E-state index < -0.39 is 5.82 Å². The molecule has 0 saturated heterocycles. The van der Waals surface area contributed by atoms with E-state index >= 15 is 0 Å². The zero-order valence-electron chi connectivity index (χ0n) is 20.0. The summed E-state index contributed by atoms with van der Waals surface area (Å²) in [6.45, 7) is 3.80. The summed E-state index contributed by atoms with van der Waals surface area (Å²) >= 11 is 0. The fourth-order valence-corrected chi connectivity index (χ4v) is 4.51. The highest BCUT2D eigenvalue weighted by Gasteiger charge is 2.34. The summed E-state index contributed by atoms with van der Waals surface area (Å²) in [4.78, 5) is 17.8. The second-order valence-corrected chi connectivity index (χ2v) is 9.37. The standard InChI is InChI=1S/C28H26F2N4O2/c1-16-9-20(5-6-24(16)30)26(19-3-4-19)33-27(35)22-12-18(15-34-7-8-36-28(34)31)11-21(13-22)25-17(2)10-23(29)14-32-25/h5-14,19,26,31H,3-4,15H2,1-2H3,(H,33,35). The molecule has 36 heavy (non-hydrogen) atoms. The van der Waals surface area contributed by atoms with Crippen molar-refractivity contribution in [1.82, 2.24) is 14.9 Å². The van der Waals surface area contributed by atoms with Crippen LogP contribution in [0.3, 0.4) is 0 Å². The van der Waals surface area contributed by atoms with E-state index in [1.54, 1.807) is 48.9 Å². The average Bonchev–Trinajstić information content (AvgIpc) is 3.61. The number of carbonyl (C=O) groups is 1. The van der Waals surface area contributed by atoms with Crippen LogP contribution in [0.5, 0.6) is 0 Å². The number of nitrogens with one attached hydrogen (secondary N) is 2. The molecule has 2 heterocycles. The van der Waals surface area contributed by atoms with Crippen molar-refractivity contribution in [3.63, 3.8) is 0 Å². The number of carbonyl (C=O) groups excluding carboxylic acids is 1. The highest BCUT2D eigenvalue weighted by molar-refractivity contribution is 5.96. The summed E-state index contributed by atoms with van der Waals surface area (Å²) in [7, 11) is 0. The Bertz CT molecular complexity index is 1500. The van der Waals surface area contributed by atoms with Crippen LogP contribution in [0.25, 0.3) is 11.3 Å². The van der Waals surface area contributed by atoms with Gasteiger partial charge in [-0.1, -0.05) is 12.1 Å². The first-order valence-corrected chi connectivity index (χ1v) is 11.8. The molecule has 184 valence electrons. The quantitative estimate of drug-likeness (QED) is 0.363. The van der Waals surface area contributed by atoms with Crippen LogP contribution in [-0.2, 0) is 6.54 Å². The van der Waals surface area contributed by atoms with Crippen molar-refractivity contribution in [2.75, 3.05) is 0 Å². The highest BCUT2D eigenvalue weighted by Crippen LogP contribution is 2.41. The van der Waals surface area contributed by atoms with Gasteiger partial charge in [-0.2, -0.15) is 0 Å². The van der Waals surface area contributed by atoms with Gasteiger partial charge in [0.2, 0.25) is 0 Å². The zero-order chi connectivity index (χ0) is 25.4. The average molecular weight is 489 g/mol. The second kappa shape index (κ2) is 9.53. The van der Waals surface area contributed by atoms with Crippen LogP contribution in [0.1, 0.15) is 51.5 Å². The lowest BCUT2D eigenvalue weighted by molar-refractivity contribution is 0.0931. The van der Waals surface area contributed by atoms with E-state index in [4.69, 9.17) is 9.83 Å². The summed E-state index contributed by atoms with van der Waals surface area (Å²) in [5, 5.41) is 11.1. The number of benzene rings is 2. The minimum Gasteiger partial charge on any atom is -0.432 e. The van der Waals surface area contributed by atoms with Gasteiger partial charge < -0.3 is 9.73 Å². The van der Waals surface area contributed by atoms with E-state index in [1.807, 2.05) is 6.07 Å². The van der Waals surface area contributed by atoms with Crippen molar-refractivity contribution in [3.8, 4) is 11.3 Å². The monoisotopic (exact) mass is 488 g/mol. The molecule has 2 aromatic heterocycles. The van der Waals surface area contributed by atoms with Crippen molar-refractivity contribution in [2.45, 2.75) is 39.3 Å². The molecule has 8 heteroatoms. The van der Waals surface area contributed by atoms with Gasteiger partial charge in [0.15, 0.2) is 0 Å². The summed E-state index contributed by atoms with van der Waals surface area (Å²) in [5.41, 5.74) is 4.49. The lowest BCUT2D eigenvalue weighted by atomic mass is 9.97. The van der Waals surface area contributed by atoms with Crippen molar-refractivity contribution in [1.29, 1.82) is 5.41 Å². The number of halogens is 2. The van der Waals surface area contributed by atoms with Crippen molar-refractivity contribution < 1.29 is 18.0 Å². The Hall–Kier alpha value is -4.07. The maximum Gasteiger partial charge on any atom is 0.293 e. The topological polar surface area (TPSA) is 83.9 Å². The molecule has 2 aromatic carbocycles. The number of amides is 1. The van der Waals surface area contributed by atoms with Gasteiger partial charge in [-0.15, -0.1) is 0 Å². The number of aryl methyl sites for hydroxylation is 2. The molecule has 1 aliphatic rings. The summed E-state index contributed by atoms with van der Waals surface area (Å²) in [6, 6.07) is 11.5. The minimum atomic E-state index is -0.431. The Morgan fingerprint density at radius 1 is 1.17 bits per heavy atom. The van der Waals surface area contributed by atoms with Crippen molar-refractivity contribution >= 4 is 5.91 Å². The molecule has 4 aromatic rings. The first kappa shape index (κ1) is 23.7. The van der Waals surface area contributed by atoms with Crippen LogP contribution in [-0.4, -0.2) is 15.5 Å². The van der Waals surface area contributed by atoms with E-state index in [-0.39, 0.29) is 23.5 Å². The fraction of sp³-hybridized carbons (Fsp3) is 0.250. The van der Waals surface area contributed by atoms with Gasteiger partial charge in [-0.05, 0) is 85.2 Å². The van der Waals surface area contributed by atoms with Gasteiger partial charge in [-0.25, -0.2) is 8.78 Å². The summed E-state index contributed by atoms with van der Waals surface area (Å²) in [5.74, 6) is -0.667. The molecule has 1 unspecified atom stereocenters. The highest BCUT2D eigenvalue weighted by atomic mass is 19.1. The lowest BCUT2D eigenvalue weighted by Gasteiger charge is -2.20. The molecular formula is C28H26F2N4O2. The molecule has 1 aliphatic carbocycles. The molecule has 2 N–H and O–H groups in total. The van der Waals surface area contributed by atoms with Crippen LogP contribution in [0.15, 0.2) is 65.5 Å². The molecule has 0 aliphatic heterocycles. The third-order valence-corrected chi connectivity index (χ3v) is 6.53. The Balaban J connectivity index is 1.52. The van der Waals surface area contributed by atoms with Gasteiger partial charge in [-0.3, -0.25) is 19.8 Å². The predicted molar refractivity (Wildman–Crippen MR) is 130 cm³/mol. The molecule has 6 nitrogen and oxygen atoms in total. The minimum absolute atomic E-state index is 0.0111. The summed E-state index contributed by atoms with van der Waals surface area (Å²) < 4.78 is 34.3. The van der Waals surface area contributed by atoms with E-state index in [0.29, 0.717) is 40.4 Å². The normalized spacial score (nSPS) is 14.0. The largest absolute Gasteiger partial charge is 0.432 e. The number of aromatic nitrogens is 2. The molecule has 1 saturated carbocycles. The van der Waals surface area contributed by atoms with Gasteiger partial charge in [0.25, 0.3) is 11.6 Å². The molecule has 0 radical (unpaired) electrons. The van der Waals surface area contributed by atoms with Crippen LogP contribution >= 0.6 is 0 Å². The smallest absolute Gasteiger partial charge is 0.293 e. The molecule has 1 amide bonds. The third-order valence-electron chi connectivity index (χ3n) is 6.53. The number of rotatable bonds is 7. The number of pyridine rings is 1. The van der Waals surface area contributed by atoms with Crippen LogP contribution in [0, 0.1) is 36.8 Å². The molecule has 5 rings (SSSR count). The summed E-state index contributed by atoms with van der Waals surface area (Å²) in [6.07, 6.45) is 6.22. The molecular weight excluding hydrogens is 462 g/mol. The predicted octanol–water partition coefficient (Wildman–Crippen LogP) is 5.45. The molecule has 0 bridgehead atoms. The van der Waals surface area contributed by atoms with Gasteiger partial charge in [0.05, 0.1) is 24.5 Å². The van der Waals surface area contributed by atoms with Crippen molar-refractivity contribution in [2.24, 2.45) is 5.92 Å². The maximum atomic E-state index is 13.9. The Morgan fingerprint density at radius 2 is 1.97 bits per heavy atom. The van der Waals surface area contributed by atoms with Gasteiger partial charge >= 0.3 is 0 Å². The van der Waals surface area contributed by atoms with E-state index in [9.17, 15) is 13.6 Å². The number of nitrogens with zero attached hydrogens (tertiary/aromatic N) is 2. The second-order valence-electron chi connectivity index (χ2n) is 9.37. The Morgan fingerprint density at radius 3 is 2.64 bits per heavy atom. The lowest BCUT2D eigenvalue weighted by Crippen LogP contribution is -2.30.